The zero-order valence-electron chi connectivity index (χ0n) is 18.4. The van der Waals surface area contributed by atoms with Gasteiger partial charge in [0.1, 0.15) is 0 Å². The molecule has 3 aromatic heterocycles. The number of anilines is 4. The maximum absolute atomic E-state index is 11.5. The number of nitrogens with zero attached hydrogens (tertiary/aromatic N) is 5. The molecule has 0 aliphatic carbocycles. The van der Waals surface area contributed by atoms with Crippen LogP contribution in [0.15, 0.2) is 36.7 Å². The molecule has 1 aliphatic heterocycles. The van der Waals surface area contributed by atoms with Crippen LogP contribution in [0.1, 0.15) is 15.9 Å². The number of amides is 1. The Morgan fingerprint density at radius 3 is 2.71 bits per heavy atom. The van der Waals surface area contributed by atoms with E-state index in [4.69, 9.17) is 31.1 Å². The first-order chi connectivity index (χ1) is 17.1. The van der Waals surface area contributed by atoms with Crippen molar-refractivity contribution >= 4 is 56.1 Å². The number of ether oxygens (including phenoxy) is 1. The molecule has 0 saturated carbocycles. The summed E-state index contributed by atoms with van der Waals surface area (Å²) in [5.74, 6) is 0.849. The minimum absolute atomic E-state index is 0.128. The fourth-order valence-electron chi connectivity index (χ4n) is 3.71. The number of fused-ring (bicyclic) bond motifs is 1. The lowest BCUT2D eigenvalue weighted by molar-refractivity contribution is 0.0705. The molecule has 0 radical (unpaired) electrons. The molecule has 0 atom stereocenters. The molecule has 6 N–H and O–H groups in total. The predicted octanol–water partition coefficient (Wildman–Crippen LogP) is 2.43. The van der Waals surface area contributed by atoms with E-state index in [-0.39, 0.29) is 11.5 Å². The minimum Gasteiger partial charge on any atom is -0.398 e. The van der Waals surface area contributed by atoms with Gasteiger partial charge >= 0.3 is 0 Å². The molecule has 1 saturated heterocycles. The first-order valence-corrected chi connectivity index (χ1v) is 11.5. The van der Waals surface area contributed by atoms with E-state index in [1.165, 1.54) is 29.9 Å². The number of hydrogen-bond donors (Lipinski definition) is 5. The summed E-state index contributed by atoms with van der Waals surface area (Å²) >= 11 is 1.46. The van der Waals surface area contributed by atoms with Crippen molar-refractivity contribution < 1.29 is 14.7 Å². The van der Waals surface area contributed by atoms with Gasteiger partial charge < -0.3 is 26.1 Å². The van der Waals surface area contributed by atoms with E-state index in [9.17, 15) is 4.79 Å². The summed E-state index contributed by atoms with van der Waals surface area (Å²) in [4.78, 5) is 31.6. The highest BCUT2D eigenvalue weighted by molar-refractivity contribution is 7.23. The second-order valence-electron chi connectivity index (χ2n) is 7.61. The first kappa shape index (κ1) is 22.6. The number of rotatable bonds is 6. The van der Waals surface area contributed by atoms with Crippen molar-refractivity contribution in [2.45, 2.75) is 0 Å². The van der Waals surface area contributed by atoms with Crippen LogP contribution < -0.4 is 21.4 Å². The zero-order valence-corrected chi connectivity index (χ0v) is 19.2. The lowest BCUT2D eigenvalue weighted by Crippen LogP contribution is -2.36. The van der Waals surface area contributed by atoms with Crippen LogP contribution in [-0.4, -0.2) is 63.6 Å². The number of nitrogens with two attached hydrogens (primary N) is 1. The molecule has 35 heavy (non-hydrogen) atoms. The van der Waals surface area contributed by atoms with Gasteiger partial charge in [-0.05, 0) is 12.1 Å². The quantitative estimate of drug-likeness (QED) is 0.117. The van der Waals surface area contributed by atoms with Crippen LogP contribution in [0.25, 0.3) is 21.6 Å². The van der Waals surface area contributed by atoms with Crippen LogP contribution in [0.2, 0.25) is 0 Å². The first-order valence-electron chi connectivity index (χ1n) is 10.6. The highest BCUT2D eigenvalue weighted by Gasteiger charge is 2.21. The Morgan fingerprint density at radius 2 is 2.00 bits per heavy atom. The standard InChI is InChI=1S/C22H21N9O3S/c23-9-14-13(2-1-3-15(14)24)19-27-16-8-17(28-22-25-10-12(11-26-22)21(32)30-33)35-18(16)20(29-19)31-4-6-34-7-5-31/h1-3,8-11,23,33H,4-7,24H2,(H,30,32)(H,25,26,28). The predicted molar refractivity (Wildman–Crippen MR) is 133 cm³/mol. The number of nitrogens with one attached hydrogen (secondary N) is 3. The van der Waals surface area contributed by atoms with Crippen LogP contribution >= 0.6 is 11.3 Å². The van der Waals surface area contributed by atoms with Crippen molar-refractivity contribution in [3.05, 3.63) is 47.8 Å². The topological polar surface area (TPSA) is 175 Å². The molecule has 13 heteroatoms. The van der Waals surface area contributed by atoms with E-state index >= 15 is 0 Å². The summed E-state index contributed by atoms with van der Waals surface area (Å²) in [6.07, 6.45) is 3.83. The SMILES string of the molecule is N=Cc1c(N)cccc1-c1nc(N2CCOCC2)c2sc(Nc3ncc(C(=O)NO)cn3)cc2n1. The number of hydroxylamine groups is 1. The molecule has 4 heterocycles. The van der Waals surface area contributed by atoms with Crippen molar-refractivity contribution in [1.29, 1.82) is 5.41 Å². The summed E-state index contributed by atoms with van der Waals surface area (Å²) in [5.41, 5.74) is 10.2. The number of aromatic nitrogens is 4. The smallest absolute Gasteiger partial charge is 0.277 e. The molecule has 5 rings (SSSR count). The number of benzene rings is 1. The number of thiophene rings is 1. The molecule has 178 valence electrons. The van der Waals surface area contributed by atoms with Gasteiger partial charge in [0.15, 0.2) is 11.6 Å². The average Bonchev–Trinajstić information content (AvgIpc) is 3.30. The van der Waals surface area contributed by atoms with E-state index in [1.54, 1.807) is 11.5 Å². The fraction of sp³-hybridized carbons (Fsp3) is 0.182. The maximum atomic E-state index is 11.5. The Balaban J connectivity index is 1.57. The molecule has 0 spiro atoms. The van der Waals surface area contributed by atoms with Gasteiger partial charge in [0, 0.05) is 48.5 Å². The summed E-state index contributed by atoms with van der Waals surface area (Å²) in [6, 6.07) is 7.29. The Morgan fingerprint density at radius 1 is 1.23 bits per heavy atom. The van der Waals surface area contributed by atoms with Gasteiger partial charge in [-0.25, -0.2) is 25.4 Å². The molecular formula is C22H21N9O3S. The zero-order chi connectivity index (χ0) is 24.4. The minimum atomic E-state index is -0.692. The Hall–Kier alpha value is -4.20. The van der Waals surface area contributed by atoms with Gasteiger partial charge in [-0.2, -0.15) is 0 Å². The number of carbonyl (C=O) groups excluding carboxylic acids is 1. The van der Waals surface area contributed by atoms with Crippen molar-refractivity contribution in [1.82, 2.24) is 25.4 Å². The third kappa shape index (κ3) is 4.47. The van der Waals surface area contributed by atoms with E-state index in [2.05, 4.69) is 20.2 Å². The molecule has 0 unspecified atom stereocenters. The van der Waals surface area contributed by atoms with Crippen molar-refractivity contribution in [2.75, 3.05) is 42.3 Å². The second kappa shape index (κ2) is 9.58. The monoisotopic (exact) mass is 491 g/mol. The van der Waals surface area contributed by atoms with E-state index in [0.29, 0.717) is 48.9 Å². The van der Waals surface area contributed by atoms with Gasteiger partial charge in [-0.15, -0.1) is 11.3 Å². The van der Waals surface area contributed by atoms with Crippen LogP contribution in [0.4, 0.5) is 22.5 Å². The van der Waals surface area contributed by atoms with Crippen LogP contribution in [0.3, 0.4) is 0 Å². The molecule has 1 fully saturated rings. The van der Waals surface area contributed by atoms with Gasteiger partial charge in [-0.3, -0.25) is 10.0 Å². The van der Waals surface area contributed by atoms with Gasteiger partial charge in [0.2, 0.25) is 5.95 Å². The third-order valence-corrected chi connectivity index (χ3v) is 6.48. The van der Waals surface area contributed by atoms with Crippen molar-refractivity contribution in [3.63, 3.8) is 0 Å². The lowest BCUT2D eigenvalue weighted by Gasteiger charge is -2.28. The molecule has 1 aromatic carbocycles. The molecule has 4 aromatic rings. The van der Waals surface area contributed by atoms with Crippen LogP contribution in [0, 0.1) is 5.41 Å². The summed E-state index contributed by atoms with van der Waals surface area (Å²) in [7, 11) is 0. The maximum Gasteiger partial charge on any atom is 0.277 e. The number of hydrogen-bond acceptors (Lipinski definition) is 12. The average molecular weight is 492 g/mol. The Labute approximate surface area is 203 Å². The fourth-order valence-corrected chi connectivity index (χ4v) is 4.72. The van der Waals surface area contributed by atoms with Crippen molar-refractivity contribution in [3.8, 4) is 11.4 Å². The van der Waals surface area contributed by atoms with E-state index in [1.807, 2.05) is 18.2 Å². The molecule has 12 nitrogen and oxygen atoms in total. The van der Waals surface area contributed by atoms with Gasteiger partial charge in [0.25, 0.3) is 5.91 Å². The molecule has 0 bridgehead atoms. The Bertz CT molecular complexity index is 1400. The van der Waals surface area contributed by atoms with E-state index < -0.39 is 5.91 Å². The number of morpholine rings is 1. The highest BCUT2D eigenvalue weighted by atomic mass is 32.1. The molecule has 1 aliphatic rings. The normalized spacial score (nSPS) is 13.6. The Kier molecular flexibility index (Phi) is 6.18. The molecular weight excluding hydrogens is 470 g/mol. The third-order valence-electron chi connectivity index (χ3n) is 5.44. The van der Waals surface area contributed by atoms with Crippen molar-refractivity contribution in [2.24, 2.45) is 0 Å². The highest BCUT2D eigenvalue weighted by Crippen LogP contribution is 2.38. The van der Waals surface area contributed by atoms with Gasteiger partial charge in [-0.1, -0.05) is 12.1 Å². The number of carbonyl (C=O) groups is 1. The summed E-state index contributed by atoms with van der Waals surface area (Å²) < 4.78 is 6.40. The van der Waals surface area contributed by atoms with Gasteiger partial charge in [0.05, 0.1) is 34.0 Å². The van der Waals surface area contributed by atoms with Crippen LogP contribution in [0.5, 0.6) is 0 Å². The van der Waals surface area contributed by atoms with E-state index in [0.717, 1.165) is 21.0 Å². The summed E-state index contributed by atoms with van der Waals surface area (Å²) in [5, 5.41) is 20.4. The lowest BCUT2D eigenvalue weighted by atomic mass is 10.1. The molecule has 1 amide bonds. The second-order valence-corrected chi connectivity index (χ2v) is 8.66. The number of nitrogen functional groups attached to an aromatic ring is 1. The van der Waals surface area contributed by atoms with Crippen LogP contribution in [-0.2, 0) is 4.74 Å². The largest absolute Gasteiger partial charge is 0.398 e. The summed E-state index contributed by atoms with van der Waals surface area (Å²) in [6.45, 7) is 2.59.